The Morgan fingerprint density at radius 3 is 2.24 bits per heavy atom. The van der Waals surface area contributed by atoms with Crippen molar-refractivity contribution in [3.63, 3.8) is 0 Å². The molecule has 4 aliphatic rings. The molecule has 5 aromatic rings. The summed E-state index contributed by atoms with van der Waals surface area (Å²) in [5.74, 6) is 0.607. The smallest absolute Gasteiger partial charge is 0.0728 e. The van der Waals surface area contributed by atoms with Gasteiger partial charge >= 0.3 is 0 Å². The fraction of sp³-hybridized carbons (Fsp3) is 0.197. The maximum Gasteiger partial charge on any atom is 0.0728 e. The van der Waals surface area contributed by atoms with Crippen LogP contribution in [0.4, 0.5) is 0 Å². The van der Waals surface area contributed by atoms with Crippen molar-refractivity contribution in [3.05, 3.63) is 251 Å². The first-order chi connectivity index (χ1) is 30.5. The van der Waals surface area contributed by atoms with Crippen LogP contribution in [0.5, 0.6) is 0 Å². The lowest BCUT2D eigenvalue weighted by molar-refractivity contribution is 0.561. The number of hydrogen-bond acceptors (Lipinski definition) is 1. The zero-order chi connectivity index (χ0) is 43.2. The first-order valence-electron chi connectivity index (χ1n) is 22.5. The Morgan fingerprint density at radius 2 is 1.48 bits per heavy atom. The summed E-state index contributed by atoms with van der Waals surface area (Å²) in [7, 11) is 0. The lowest BCUT2D eigenvalue weighted by Gasteiger charge is -2.34. The molecule has 0 aliphatic heterocycles. The summed E-state index contributed by atoms with van der Waals surface area (Å²) in [4.78, 5) is 5.35. The van der Waals surface area contributed by atoms with Gasteiger partial charge in [0.2, 0.25) is 0 Å². The fourth-order valence-corrected chi connectivity index (χ4v) is 10.5. The van der Waals surface area contributed by atoms with Crippen molar-refractivity contribution in [1.82, 2.24) is 0 Å². The first-order valence-corrected chi connectivity index (χ1v) is 22.5. The van der Waals surface area contributed by atoms with Crippen LogP contribution in [-0.2, 0) is 12.0 Å². The Labute approximate surface area is 371 Å². The number of allylic oxidation sites excluding steroid dienone is 15. The van der Waals surface area contributed by atoms with Gasteiger partial charge in [0.05, 0.1) is 17.7 Å². The zero-order valence-corrected chi connectivity index (χ0v) is 37.1. The fourth-order valence-electron chi connectivity index (χ4n) is 10.5. The molecule has 62 heavy (non-hydrogen) atoms. The molecule has 1 spiro atoms. The van der Waals surface area contributed by atoms with E-state index in [1.54, 1.807) is 0 Å². The van der Waals surface area contributed by atoms with E-state index in [0.29, 0.717) is 12.5 Å². The molecule has 0 fully saturated rings. The molecular formula is C61H59N. The molecule has 2 atom stereocenters. The van der Waals surface area contributed by atoms with E-state index in [4.69, 9.17) is 4.99 Å². The third-order valence-corrected chi connectivity index (χ3v) is 13.1. The Bertz CT molecular complexity index is 2790. The second-order valence-corrected chi connectivity index (χ2v) is 16.8. The van der Waals surface area contributed by atoms with Crippen LogP contribution in [0.15, 0.2) is 217 Å². The van der Waals surface area contributed by atoms with E-state index < -0.39 is 5.41 Å². The number of rotatable bonds is 11. The van der Waals surface area contributed by atoms with Crippen molar-refractivity contribution >= 4 is 16.9 Å². The van der Waals surface area contributed by atoms with Gasteiger partial charge in [0, 0.05) is 0 Å². The van der Waals surface area contributed by atoms with Crippen molar-refractivity contribution < 1.29 is 0 Å². The third-order valence-electron chi connectivity index (χ3n) is 13.1. The van der Waals surface area contributed by atoms with E-state index in [9.17, 15) is 0 Å². The van der Waals surface area contributed by atoms with Crippen molar-refractivity contribution in [2.45, 2.75) is 71.8 Å². The molecule has 0 bridgehead atoms. The molecule has 2 unspecified atom stereocenters. The van der Waals surface area contributed by atoms with Crippen LogP contribution in [0.3, 0.4) is 0 Å². The highest BCUT2D eigenvalue weighted by molar-refractivity contribution is 6.12. The normalized spacial score (nSPS) is 19.0. The highest BCUT2D eigenvalue weighted by Crippen LogP contribution is 2.65. The van der Waals surface area contributed by atoms with Gasteiger partial charge in [0.25, 0.3) is 0 Å². The van der Waals surface area contributed by atoms with Crippen LogP contribution in [0, 0.1) is 12.8 Å². The van der Waals surface area contributed by atoms with Gasteiger partial charge in [-0.1, -0.05) is 172 Å². The van der Waals surface area contributed by atoms with Gasteiger partial charge in [0.1, 0.15) is 0 Å². The third kappa shape index (κ3) is 7.45. The van der Waals surface area contributed by atoms with E-state index in [0.717, 1.165) is 37.0 Å². The van der Waals surface area contributed by atoms with Crippen LogP contribution in [0.25, 0.3) is 33.4 Å². The predicted molar refractivity (Wildman–Crippen MR) is 268 cm³/mol. The zero-order valence-electron chi connectivity index (χ0n) is 37.1. The SMILES string of the molecule is C=C.C=C/C=C(\C=C/C)C(/C=C(\C)C1=C2C=CCCC2CC=C1)=NCc1cccc(-c2ccc3c(c2)C2(C(c4ccccc4C)=C(CCC)c4ccccc42)c2ccccc2-3)c1. The molecule has 0 saturated carbocycles. The lowest BCUT2D eigenvalue weighted by atomic mass is 9.67. The average Bonchev–Trinajstić information content (AvgIpc) is 3.77. The molecule has 308 valence electrons. The maximum absolute atomic E-state index is 5.35. The molecule has 9 rings (SSSR count). The molecule has 0 radical (unpaired) electrons. The van der Waals surface area contributed by atoms with Gasteiger partial charge in [-0.05, 0) is 165 Å². The predicted octanol–water partition coefficient (Wildman–Crippen LogP) is 16.3. The summed E-state index contributed by atoms with van der Waals surface area (Å²) < 4.78 is 0. The lowest BCUT2D eigenvalue weighted by Crippen LogP contribution is -2.27. The van der Waals surface area contributed by atoms with Crippen molar-refractivity contribution in [2.75, 3.05) is 0 Å². The van der Waals surface area contributed by atoms with E-state index in [1.807, 2.05) is 6.08 Å². The van der Waals surface area contributed by atoms with Crippen LogP contribution in [0.1, 0.15) is 91.8 Å². The number of aryl methyl sites for hydroxylation is 1. The second kappa shape index (κ2) is 18.6. The maximum atomic E-state index is 5.35. The molecule has 0 amide bonds. The Morgan fingerprint density at radius 1 is 0.774 bits per heavy atom. The summed E-state index contributed by atoms with van der Waals surface area (Å²) >= 11 is 0. The summed E-state index contributed by atoms with van der Waals surface area (Å²) in [5.41, 5.74) is 23.0. The Hall–Kier alpha value is -6.57. The number of aliphatic imine (C=N–C) groups is 1. The molecular weight excluding hydrogens is 747 g/mol. The molecule has 1 nitrogen and oxygen atoms in total. The summed E-state index contributed by atoms with van der Waals surface area (Å²) in [6.45, 7) is 19.5. The van der Waals surface area contributed by atoms with Gasteiger partial charge in [0.15, 0.2) is 0 Å². The van der Waals surface area contributed by atoms with E-state index in [1.165, 1.54) is 95.5 Å². The van der Waals surface area contributed by atoms with Crippen LogP contribution in [-0.4, -0.2) is 5.71 Å². The van der Waals surface area contributed by atoms with Crippen LogP contribution in [0.2, 0.25) is 0 Å². The monoisotopic (exact) mass is 805 g/mol. The van der Waals surface area contributed by atoms with Crippen molar-refractivity contribution in [2.24, 2.45) is 10.9 Å². The largest absolute Gasteiger partial charge is 0.280 e. The molecule has 1 heteroatoms. The van der Waals surface area contributed by atoms with E-state index in [2.05, 4.69) is 211 Å². The van der Waals surface area contributed by atoms with Gasteiger partial charge in [-0.2, -0.15) is 0 Å². The summed E-state index contributed by atoms with van der Waals surface area (Å²) in [6.07, 6.45) is 25.4. The number of benzene rings is 5. The minimum Gasteiger partial charge on any atom is -0.280 e. The first kappa shape index (κ1) is 42.1. The average molecular weight is 806 g/mol. The molecule has 0 saturated heterocycles. The van der Waals surface area contributed by atoms with Crippen LogP contribution >= 0.6 is 0 Å². The highest BCUT2D eigenvalue weighted by Gasteiger charge is 2.53. The van der Waals surface area contributed by atoms with Gasteiger partial charge in [-0.25, -0.2) is 0 Å². The molecule has 0 aromatic heterocycles. The van der Waals surface area contributed by atoms with E-state index >= 15 is 0 Å². The van der Waals surface area contributed by atoms with Gasteiger partial charge in [-0.15, -0.1) is 13.2 Å². The van der Waals surface area contributed by atoms with Crippen molar-refractivity contribution in [3.8, 4) is 22.3 Å². The number of fused-ring (bicyclic) bond motifs is 8. The molecule has 0 heterocycles. The Kier molecular flexibility index (Phi) is 12.6. The standard InChI is InChI=1S/C59H55N.C2H4/c1-6-19-44(20-7-2)57(36-41(5)47-31-18-25-43-24-10-12-28-49(43)47)60-39-42-23-17-26-45(37-42)46-34-35-52-50-29-13-15-32-54(50)59(56(52)38-46)55-33-16-14-30-51(55)53(21-8-3)58(59)48-27-11-9-22-40(48)4;1-2/h6-7,9,11-20,22-23,26-38,43H,1,8,10,21,24-25,39H2,2-5H3;1-2H2/b20-7-,41-36+,44-19+,60-57?;. The molecule has 4 aliphatic carbocycles. The minimum absolute atomic E-state index is 0.423. The summed E-state index contributed by atoms with van der Waals surface area (Å²) in [6, 6.07) is 43.6. The second-order valence-electron chi connectivity index (χ2n) is 16.8. The number of nitrogens with zero attached hydrogens (tertiary/aromatic N) is 1. The van der Waals surface area contributed by atoms with Crippen molar-refractivity contribution in [1.29, 1.82) is 0 Å². The quantitative estimate of drug-likeness (QED) is 0.0716. The topological polar surface area (TPSA) is 12.4 Å². The number of hydrogen-bond donors (Lipinski definition) is 0. The summed E-state index contributed by atoms with van der Waals surface area (Å²) in [5, 5.41) is 0. The van der Waals surface area contributed by atoms with Gasteiger partial charge < -0.3 is 0 Å². The minimum atomic E-state index is -0.423. The highest BCUT2D eigenvalue weighted by atomic mass is 14.7. The van der Waals surface area contributed by atoms with Crippen LogP contribution < -0.4 is 0 Å². The van der Waals surface area contributed by atoms with Gasteiger partial charge in [-0.3, -0.25) is 4.99 Å². The van der Waals surface area contributed by atoms with E-state index in [-0.39, 0.29) is 0 Å². The molecule has 0 N–H and O–H groups in total. The molecule has 5 aromatic carbocycles. The Balaban J connectivity index is 0.00000261.